The molecule has 18 heavy (non-hydrogen) atoms. The molecule has 1 aromatic rings. The molecular weight excluding hydrogens is 222 g/mol. The summed E-state index contributed by atoms with van der Waals surface area (Å²) in [6.07, 6.45) is 6.76. The van der Waals surface area contributed by atoms with Crippen molar-refractivity contribution in [1.82, 2.24) is 0 Å². The highest BCUT2D eigenvalue weighted by atomic mass is 16.5. The third kappa shape index (κ3) is 3.26. The van der Waals surface area contributed by atoms with Crippen LogP contribution in [0.2, 0.25) is 0 Å². The van der Waals surface area contributed by atoms with E-state index in [9.17, 15) is 0 Å². The average molecular weight is 247 g/mol. The molecule has 2 rings (SSSR count). The third-order valence-electron chi connectivity index (χ3n) is 4.09. The first-order chi connectivity index (χ1) is 8.72. The maximum Gasteiger partial charge on any atom is 0.122 e. The van der Waals surface area contributed by atoms with Gasteiger partial charge in [0.25, 0.3) is 0 Å². The molecule has 100 valence electrons. The molecule has 0 radical (unpaired) electrons. The van der Waals surface area contributed by atoms with Crippen LogP contribution in [0.25, 0.3) is 0 Å². The Hall–Kier alpha value is -1.02. The Morgan fingerprint density at radius 1 is 1.33 bits per heavy atom. The van der Waals surface area contributed by atoms with Crippen molar-refractivity contribution in [2.75, 3.05) is 0 Å². The fourth-order valence-corrected chi connectivity index (χ4v) is 2.80. The Morgan fingerprint density at radius 3 is 2.89 bits per heavy atom. The van der Waals surface area contributed by atoms with Crippen molar-refractivity contribution in [2.45, 2.75) is 58.6 Å². The maximum atomic E-state index is 6.21. The van der Waals surface area contributed by atoms with Crippen molar-refractivity contribution >= 4 is 0 Å². The van der Waals surface area contributed by atoms with E-state index in [2.05, 4.69) is 32.0 Å². The minimum atomic E-state index is 0.399. The lowest BCUT2D eigenvalue weighted by molar-refractivity contribution is 0.121. The Labute approximate surface area is 111 Å². The predicted octanol–water partition coefficient (Wildman–Crippen LogP) is 3.80. The molecule has 2 nitrogen and oxygen atoms in total. The van der Waals surface area contributed by atoms with Gasteiger partial charge < -0.3 is 10.5 Å². The van der Waals surface area contributed by atoms with Gasteiger partial charge in [-0.2, -0.15) is 0 Å². The Morgan fingerprint density at radius 2 is 2.17 bits per heavy atom. The van der Waals surface area contributed by atoms with Crippen molar-refractivity contribution in [2.24, 2.45) is 11.7 Å². The highest BCUT2D eigenvalue weighted by Gasteiger charge is 2.22. The fourth-order valence-electron chi connectivity index (χ4n) is 2.80. The molecule has 2 N–H and O–H groups in total. The van der Waals surface area contributed by atoms with Gasteiger partial charge in [0.15, 0.2) is 0 Å². The summed E-state index contributed by atoms with van der Waals surface area (Å²) in [4.78, 5) is 0. The second kappa shape index (κ2) is 6.24. The number of ether oxygens (including phenoxy) is 1. The van der Waals surface area contributed by atoms with Gasteiger partial charge in [0.2, 0.25) is 0 Å². The minimum Gasteiger partial charge on any atom is -0.490 e. The maximum absolute atomic E-state index is 6.21. The first kappa shape index (κ1) is 13.4. The molecule has 0 bridgehead atoms. The van der Waals surface area contributed by atoms with Gasteiger partial charge >= 0.3 is 0 Å². The summed E-state index contributed by atoms with van der Waals surface area (Å²) in [5.74, 6) is 1.88. The van der Waals surface area contributed by atoms with Crippen LogP contribution in [0.1, 0.15) is 50.2 Å². The summed E-state index contributed by atoms with van der Waals surface area (Å²) in [5.41, 5.74) is 8.06. The van der Waals surface area contributed by atoms with Crippen LogP contribution < -0.4 is 10.5 Å². The van der Waals surface area contributed by atoms with E-state index in [1.165, 1.54) is 37.7 Å². The fraction of sp³-hybridized carbons (Fsp3) is 0.625. The zero-order valence-electron chi connectivity index (χ0n) is 11.6. The topological polar surface area (TPSA) is 35.2 Å². The van der Waals surface area contributed by atoms with Gasteiger partial charge in [0.1, 0.15) is 5.75 Å². The highest BCUT2D eigenvalue weighted by Crippen LogP contribution is 2.31. The van der Waals surface area contributed by atoms with Crippen LogP contribution in [-0.4, -0.2) is 6.10 Å². The lowest BCUT2D eigenvalue weighted by atomic mass is 9.85. The lowest BCUT2D eigenvalue weighted by Gasteiger charge is -2.29. The Kier molecular flexibility index (Phi) is 4.65. The summed E-state index contributed by atoms with van der Waals surface area (Å²) in [5, 5.41) is 0. The van der Waals surface area contributed by atoms with Gasteiger partial charge in [-0.3, -0.25) is 0 Å². The van der Waals surface area contributed by atoms with Gasteiger partial charge in [-0.05, 0) is 49.3 Å². The molecule has 1 aromatic carbocycles. The first-order valence-corrected chi connectivity index (χ1v) is 7.19. The van der Waals surface area contributed by atoms with Crippen LogP contribution in [0.3, 0.4) is 0 Å². The molecular formula is C16H25NO. The van der Waals surface area contributed by atoms with Gasteiger partial charge in [-0.1, -0.05) is 31.9 Å². The SMILES string of the molecule is CCC1CCCC(Oc2cc(CN)ccc2C)C1. The third-order valence-corrected chi connectivity index (χ3v) is 4.09. The Balaban J connectivity index is 2.04. The molecule has 1 fully saturated rings. The number of hydrogen-bond acceptors (Lipinski definition) is 2. The molecule has 1 aliphatic carbocycles. The van der Waals surface area contributed by atoms with Gasteiger partial charge in [0.05, 0.1) is 6.10 Å². The molecule has 1 saturated carbocycles. The van der Waals surface area contributed by atoms with Crippen LogP contribution in [0.5, 0.6) is 5.75 Å². The number of aryl methyl sites for hydroxylation is 1. The second-order valence-corrected chi connectivity index (χ2v) is 5.48. The van der Waals surface area contributed by atoms with Crippen LogP contribution in [-0.2, 0) is 6.54 Å². The van der Waals surface area contributed by atoms with E-state index in [0.717, 1.165) is 17.2 Å². The number of nitrogens with two attached hydrogens (primary N) is 1. The largest absolute Gasteiger partial charge is 0.490 e. The van der Waals surface area contributed by atoms with Crippen molar-refractivity contribution in [3.8, 4) is 5.75 Å². The Bertz CT molecular complexity index is 389. The van der Waals surface area contributed by atoms with Gasteiger partial charge in [-0.25, -0.2) is 0 Å². The molecule has 2 unspecified atom stereocenters. The normalized spacial score (nSPS) is 23.9. The molecule has 1 aliphatic rings. The second-order valence-electron chi connectivity index (χ2n) is 5.48. The summed E-state index contributed by atoms with van der Waals surface area (Å²) in [6.45, 7) is 4.97. The van der Waals surface area contributed by atoms with E-state index >= 15 is 0 Å². The van der Waals surface area contributed by atoms with Crippen LogP contribution in [0, 0.1) is 12.8 Å². The average Bonchev–Trinajstić information content (AvgIpc) is 2.41. The van der Waals surface area contributed by atoms with Crippen molar-refractivity contribution in [1.29, 1.82) is 0 Å². The summed E-state index contributed by atoms with van der Waals surface area (Å²) in [6, 6.07) is 6.29. The minimum absolute atomic E-state index is 0.399. The van der Waals surface area contributed by atoms with Gasteiger partial charge in [0, 0.05) is 6.54 Å². The monoisotopic (exact) mass is 247 g/mol. The van der Waals surface area contributed by atoms with Crippen LogP contribution in [0.4, 0.5) is 0 Å². The lowest BCUT2D eigenvalue weighted by Crippen LogP contribution is -2.25. The predicted molar refractivity (Wildman–Crippen MR) is 75.7 cm³/mol. The van der Waals surface area contributed by atoms with Crippen LogP contribution >= 0.6 is 0 Å². The van der Waals surface area contributed by atoms with E-state index < -0.39 is 0 Å². The highest BCUT2D eigenvalue weighted by molar-refractivity contribution is 5.36. The van der Waals surface area contributed by atoms with E-state index in [1.54, 1.807) is 0 Å². The van der Waals surface area contributed by atoms with E-state index in [4.69, 9.17) is 10.5 Å². The zero-order valence-corrected chi connectivity index (χ0v) is 11.6. The molecule has 0 spiro atoms. The molecule has 2 atom stereocenters. The molecule has 0 amide bonds. The standard InChI is InChI=1S/C16H25NO/c1-3-13-5-4-6-15(9-13)18-16-10-14(11-17)8-7-12(16)2/h7-8,10,13,15H,3-6,9,11,17H2,1-2H3. The van der Waals surface area contributed by atoms with E-state index in [0.29, 0.717) is 12.6 Å². The zero-order chi connectivity index (χ0) is 13.0. The van der Waals surface area contributed by atoms with Crippen molar-refractivity contribution < 1.29 is 4.74 Å². The summed E-state index contributed by atoms with van der Waals surface area (Å²) < 4.78 is 6.21. The van der Waals surface area contributed by atoms with Crippen LogP contribution in [0.15, 0.2) is 18.2 Å². The molecule has 0 aromatic heterocycles. The van der Waals surface area contributed by atoms with Gasteiger partial charge in [-0.15, -0.1) is 0 Å². The summed E-state index contributed by atoms with van der Waals surface area (Å²) in [7, 11) is 0. The molecule has 0 aliphatic heterocycles. The van der Waals surface area contributed by atoms with Crippen molar-refractivity contribution in [3.05, 3.63) is 29.3 Å². The number of rotatable bonds is 4. The van der Waals surface area contributed by atoms with E-state index in [-0.39, 0.29) is 0 Å². The smallest absolute Gasteiger partial charge is 0.122 e. The molecule has 2 heteroatoms. The molecule has 0 saturated heterocycles. The quantitative estimate of drug-likeness (QED) is 0.878. The first-order valence-electron chi connectivity index (χ1n) is 7.19. The number of hydrogen-bond donors (Lipinski definition) is 1. The molecule has 0 heterocycles. The summed E-state index contributed by atoms with van der Waals surface area (Å²) >= 11 is 0. The number of benzene rings is 1. The van der Waals surface area contributed by atoms with Crippen molar-refractivity contribution in [3.63, 3.8) is 0 Å². The van der Waals surface area contributed by atoms with E-state index in [1.807, 2.05) is 0 Å².